The molecule has 2 nitrogen and oxygen atoms in total. The normalized spacial score (nSPS) is 39.4. The maximum atomic E-state index is 3.32. The zero-order chi connectivity index (χ0) is 6.15. The summed E-state index contributed by atoms with van der Waals surface area (Å²) in [5, 5.41) is 6.51. The van der Waals surface area contributed by atoms with Crippen molar-refractivity contribution in [2.24, 2.45) is 0 Å². The molecule has 0 aromatic carbocycles. The molecule has 0 amide bonds. The summed E-state index contributed by atoms with van der Waals surface area (Å²) in [5.41, 5.74) is 0. The highest BCUT2D eigenvalue weighted by Gasteiger charge is 2.35. The zero-order valence-electron chi connectivity index (χ0n) is 5.73. The Balaban J connectivity index is 2.18. The predicted octanol–water partition coefficient (Wildman–Crippen LogP) is -0.0454. The van der Waals surface area contributed by atoms with Crippen molar-refractivity contribution in [1.82, 2.24) is 10.6 Å². The van der Waals surface area contributed by atoms with Crippen LogP contribution >= 0.6 is 0 Å². The average Bonchev–Trinajstić information content (AvgIpc) is 2.45. The van der Waals surface area contributed by atoms with E-state index in [0.29, 0.717) is 6.04 Å². The molecule has 2 N–H and O–H groups in total. The highest BCUT2D eigenvalue weighted by atomic mass is 15.2. The molecule has 1 fully saturated rings. The van der Waals surface area contributed by atoms with E-state index in [1.807, 2.05) is 7.05 Å². The lowest BCUT2D eigenvalue weighted by Gasteiger charge is -2.04. The molecule has 1 heterocycles. The Hall–Kier alpha value is -0.0800. The van der Waals surface area contributed by atoms with Gasteiger partial charge in [-0.2, -0.15) is 0 Å². The molecule has 2 heteroatoms. The van der Waals surface area contributed by atoms with Crippen molar-refractivity contribution in [2.45, 2.75) is 32.0 Å². The molecule has 2 unspecified atom stereocenters. The molecule has 0 spiro atoms. The van der Waals surface area contributed by atoms with Gasteiger partial charge in [-0.05, 0) is 20.9 Å². The molecule has 0 radical (unpaired) electrons. The van der Waals surface area contributed by atoms with Gasteiger partial charge >= 0.3 is 0 Å². The average molecular weight is 114 g/mol. The summed E-state index contributed by atoms with van der Waals surface area (Å²) < 4.78 is 0. The second kappa shape index (κ2) is 2.03. The largest absolute Gasteiger partial charge is 0.316 e. The third-order valence-electron chi connectivity index (χ3n) is 1.88. The van der Waals surface area contributed by atoms with Crippen molar-refractivity contribution >= 4 is 0 Å². The molecule has 0 aromatic heterocycles. The van der Waals surface area contributed by atoms with Crippen LogP contribution in [0.5, 0.6) is 0 Å². The molecule has 1 aliphatic rings. The first kappa shape index (κ1) is 6.05. The molecule has 0 saturated carbocycles. The van der Waals surface area contributed by atoms with Crippen molar-refractivity contribution in [2.75, 3.05) is 7.05 Å². The van der Waals surface area contributed by atoms with Crippen LogP contribution in [0.1, 0.15) is 13.8 Å². The van der Waals surface area contributed by atoms with E-state index in [2.05, 4.69) is 24.5 Å². The summed E-state index contributed by atoms with van der Waals surface area (Å²) in [6.07, 6.45) is 0. The lowest BCUT2D eigenvalue weighted by molar-refractivity contribution is 0.590. The van der Waals surface area contributed by atoms with Gasteiger partial charge in [-0.3, -0.25) is 0 Å². The van der Waals surface area contributed by atoms with Gasteiger partial charge in [0, 0.05) is 18.1 Å². The lowest BCUT2D eigenvalue weighted by atomic mass is 10.2. The topological polar surface area (TPSA) is 34.0 Å². The minimum absolute atomic E-state index is 0.630. The highest BCUT2D eigenvalue weighted by Crippen LogP contribution is 2.12. The van der Waals surface area contributed by atoms with Crippen LogP contribution in [0.3, 0.4) is 0 Å². The monoisotopic (exact) mass is 114 g/mol. The molecule has 8 heavy (non-hydrogen) atoms. The Bertz CT molecular complexity index is 80.6. The van der Waals surface area contributed by atoms with E-state index in [0.717, 1.165) is 12.1 Å². The molecule has 0 aromatic rings. The first-order valence-corrected chi connectivity index (χ1v) is 3.19. The number of nitrogens with one attached hydrogen (secondary N) is 2. The Kier molecular flexibility index (Phi) is 1.54. The van der Waals surface area contributed by atoms with Crippen LogP contribution in [-0.2, 0) is 0 Å². The van der Waals surface area contributed by atoms with Crippen molar-refractivity contribution in [3.8, 4) is 0 Å². The van der Waals surface area contributed by atoms with Crippen LogP contribution in [0.15, 0.2) is 0 Å². The minimum Gasteiger partial charge on any atom is -0.316 e. The Morgan fingerprint density at radius 2 is 2.12 bits per heavy atom. The van der Waals surface area contributed by atoms with E-state index in [-0.39, 0.29) is 0 Å². The lowest BCUT2D eigenvalue weighted by Crippen LogP contribution is -2.29. The van der Waals surface area contributed by atoms with Gasteiger partial charge in [-0.15, -0.1) is 0 Å². The number of hydrogen-bond donors (Lipinski definition) is 2. The van der Waals surface area contributed by atoms with Gasteiger partial charge in [0.15, 0.2) is 0 Å². The molecule has 0 aliphatic carbocycles. The third-order valence-corrected chi connectivity index (χ3v) is 1.88. The highest BCUT2D eigenvalue weighted by molar-refractivity contribution is 5.00. The predicted molar refractivity (Wildman–Crippen MR) is 34.9 cm³/mol. The summed E-state index contributed by atoms with van der Waals surface area (Å²) in [6, 6.07) is 2.09. The maximum Gasteiger partial charge on any atom is 0.0372 e. The van der Waals surface area contributed by atoms with Gasteiger partial charge in [-0.1, -0.05) is 0 Å². The molecule has 1 rings (SSSR count). The van der Waals surface area contributed by atoms with Crippen molar-refractivity contribution < 1.29 is 0 Å². The van der Waals surface area contributed by atoms with E-state index in [4.69, 9.17) is 0 Å². The van der Waals surface area contributed by atoms with Gasteiger partial charge in [0.2, 0.25) is 0 Å². The maximum absolute atomic E-state index is 3.32. The Morgan fingerprint density at radius 3 is 2.25 bits per heavy atom. The quantitative estimate of drug-likeness (QED) is 0.494. The summed E-state index contributed by atoms with van der Waals surface area (Å²) in [5.74, 6) is 0. The molecule has 3 atom stereocenters. The van der Waals surface area contributed by atoms with Crippen molar-refractivity contribution in [3.63, 3.8) is 0 Å². The van der Waals surface area contributed by atoms with Crippen LogP contribution in [0.2, 0.25) is 0 Å². The molecule has 0 bridgehead atoms. The summed E-state index contributed by atoms with van der Waals surface area (Å²) in [7, 11) is 2.00. The summed E-state index contributed by atoms with van der Waals surface area (Å²) >= 11 is 0. The molecule has 48 valence electrons. The summed E-state index contributed by atoms with van der Waals surface area (Å²) in [6.45, 7) is 4.40. The first-order chi connectivity index (χ1) is 3.75. The van der Waals surface area contributed by atoms with E-state index in [1.165, 1.54) is 0 Å². The third kappa shape index (κ3) is 1.01. The standard InChI is InChI=1S/C6H14N2/c1-4(7-3)6-5(2)8-6/h4-8H,1-3H3/t4?,5-,6?/m0/s1. The molecule has 1 saturated heterocycles. The number of hydrogen-bond acceptors (Lipinski definition) is 2. The zero-order valence-corrected chi connectivity index (χ0v) is 5.73. The van der Waals surface area contributed by atoms with Gasteiger partial charge in [0.25, 0.3) is 0 Å². The molecule has 1 aliphatic heterocycles. The SMILES string of the molecule is CNC(C)C1N[C@H]1C. The smallest absolute Gasteiger partial charge is 0.0372 e. The fourth-order valence-corrected chi connectivity index (χ4v) is 1.00. The van der Waals surface area contributed by atoms with Gasteiger partial charge in [0.05, 0.1) is 0 Å². The van der Waals surface area contributed by atoms with Gasteiger partial charge < -0.3 is 10.6 Å². The summed E-state index contributed by atoms with van der Waals surface area (Å²) in [4.78, 5) is 0. The fourth-order valence-electron chi connectivity index (χ4n) is 1.00. The van der Waals surface area contributed by atoms with E-state index in [9.17, 15) is 0 Å². The first-order valence-electron chi connectivity index (χ1n) is 3.19. The van der Waals surface area contributed by atoms with Crippen LogP contribution < -0.4 is 10.6 Å². The minimum atomic E-state index is 0.630. The number of rotatable bonds is 2. The second-order valence-corrected chi connectivity index (χ2v) is 2.56. The van der Waals surface area contributed by atoms with Gasteiger partial charge in [-0.25, -0.2) is 0 Å². The van der Waals surface area contributed by atoms with Crippen molar-refractivity contribution in [3.05, 3.63) is 0 Å². The van der Waals surface area contributed by atoms with Gasteiger partial charge in [0.1, 0.15) is 0 Å². The number of likely N-dealkylation sites (N-methyl/N-ethyl adjacent to an activating group) is 1. The van der Waals surface area contributed by atoms with E-state index in [1.54, 1.807) is 0 Å². The fraction of sp³-hybridized carbons (Fsp3) is 1.00. The van der Waals surface area contributed by atoms with Crippen LogP contribution in [0, 0.1) is 0 Å². The Morgan fingerprint density at radius 1 is 1.62 bits per heavy atom. The van der Waals surface area contributed by atoms with E-state index >= 15 is 0 Å². The second-order valence-electron chi connectivity index (χ2n) is 2.56. The van der Waals surface area contributed by atoms with Crippen LogP contribution in [0.4, 0.5) is 0 Å². The molecular formula is C6H14N2. The van der Waals surface area contributed by atoms with Crippen LogP contribution in [-0.4, -0.2) is 25.2 Å². The Labute approximate surface area is 50.7 Å². The van der Waals surface area contributed by atoms with E-state index < -0.39 is 0 Å². The van der Waals surface area contributed by atoms with Crippen molar-refractivity contribution in [1.29, 1.82) is 0 Å². The molecular weight excluding hydrogens is 100 g/mol. The van der Waals surface area contributed by atoms with Crippen LogP contribution in [0.25, 0.3) is 0 Å².